The predicted molar refractivity (Wildman–Crippen MR) is 124 cm³/mol. The second-order valence-electron chi connectivity index (χ2n) is 8.20. The summed E-state index contributed by atoms with van der Waals surface area (Å²) >= 11 is 0. The SMILES string of the molecule is O=C(/C=C/c1ccc(O)c(O)c1)O[C@H]1[C@H](O)C[C@](O)(C(=O)O)C[C@H]1OC(=O)/C=C/c1ccc(O)cc1. The first kappa shape index (κ1) is 26.3. The first-order valence-electron chi connectivity index (χ1n) is 10.7. The van der Waals surface area contributed by atoms with E-state index in [1.807, 2.05) is 0 Å². The van der Waals surface area contributed by atoms with Crippen molar-refractivity contribution >= 4 is 30.1 Å². The fourth-order valence-electron chi connectivity index (χ4n) is 3.60. The molecule has 2 aromatic rings. The number of aliphatic hydroxyl groups excluding tert-OH is 1. The van der Waals surface area contributed by atoms with Gasteiger partial charge in [-0.2, -0.15) is 0 Å². The van der Waals surface area contributed by atoms with E-state index in [9.17, 15) is 45.0 Å². The van der Waals surface area contributed by atoms with Gasteiger partial charge in [-0.15, -0.1) is 0 Å². The molecule has 6 N–H and O–H groups in total. The van der Waals surface area contributed by atoms with E-state index in [1.165, 1.54) is 54.6 Å². The van der Waals surface area contributed by atoms with Crippen LogP contribution in [0.4, 0.5) is 0 Å². The molecule has 0 saturated heterocycles. The van der Waals surface area contributed by atoms with E-state index in [-0.39, 0.29) is 11.5 Å². The number of aliphatic hydroxyl groups is 2. The number of hydrogen-bond acceptors (Lipinski definition) is 10. The molecule has 11 nitrogen and oxygen atoms in total. The highest BCUT2D eigenvalue weighted by Crippen LogP contribution is 2.33. The Morgan fingerprint density at radius 3 is 2.03 bits per heavy atom. The minimum Gasteiger partial charge on any atom is -0.508 e. The van der Waals surface area contributed by atoms with E-state index in [0.29, 0.717) is 11.1 Å². The van der Waals surface area contributed by atoms with Crippen molar-refractivity contribution in [2.45, 2.75) is 36.8 Å². The van der Waals surface area contributed by atoms with Crippen LogP contribution in [0.3, 0.4) is 0 Å². The zero-order chi connectivity index (χ0) is 26.5. The molecule has 2 aromatic carbocycles. The van der Waals surface area contributed by atoms with Gasteiger partial charge in [0.1, 0.15) is 11.9 Å². The zero-order valence-electron chi connectivity index (χ0n) is 18.7. The van der Waals surface area contributed by atoms with Gasteiger partial charge in [-0.1, -0.05) is 18.2 Å². The third-order valence-electron chi connectivity index (χ3n) is 5.47. The maximum atomic E-state index is 12.4. The van der Waals surface area contributed by atoms with Gasteiger partial charge in [0.25, 0.3) is 0 Å². The molecule has 0 aromatic heterocycles. The second kappa shape index (κ2) is 10.9. The Balaban J connectivity index is 1.74. The Morgan fingerprint density at radius 1 is 0.833 bits per heavy atom. The summed E-state index contributed by atoms with van der Waals surface area (Å²) in [6.07, 6.45) is -1.38. The third-order valence-corrected chi connectivity index (χ3v) is 5.47. The number of carboxylic acids is 1. The van der Waals surface area contributed by atoms with Gasteiger partial charge in [0.15, 0.2) is 23.2 Å². The van der Waals surface area contributed by atoms with Crippen molar-refractivity contribution in [1.82, 2.24) is 0 Å². The van der Waals surface area contributed by atoms with Crippen molar-refractivity contribution in [1.29, 1.82) is 0 Å². The number of carboxylic acid groups (broad SMARTS) is 1. The number of carbonyl (C=O) groups is 3. The van der Waals surface area contributed by atoms with Crippen LogP contribution in [0.1, 0.15) is 24.0 Å². The van der Waals surface area contributed by atoms with E-state index >= 15 is 0 Å². The summed E-state index contributed by atoms with van der Waals surface area (Å²) in [6.45, 7) is 0. The lowest BCUT2D eigenvalue weighted by Gasteiger charge is -2.40. The molecule has 4 atom stereocenters. The highest BCUT2D eigenvalue weighted by Gasteiger charge is 2.52. The molecule has 0 spiro atoms. The molecule has 0 aliphatic heterocycles. The lowest BCUT2D eigenvalue weighted by Crippen LogP contribution is -2.58. The summed E-state index contributed by atoms with van der Waals surface area (Å²) in [5.41, 5.74) is -1.54. The highest BCUT2D eigenvalue weighted by atomic mass is 16.6. The van der Waals surface area contributed by atoms with E-state index in [1.54, 1.807) is 0 Å². The average Bonchev–Trinajstić information content (AvgIpc) is 2.81. The fraction of sp³-hybridized carbons (Fsp3) is 0.240. The van der Waals surface area contributed by atoms with Crippen LogP contribution >= 0.6 is 0 Å². The van der Waals surface area contributed by atoms with Crippen molar-refractivity contribution in [3.63, 3.8) is 0 Å². The Morgan fingerprint density at radius 2 is 1.42 bits per heavy atom. The lowest BCUT2D eigenvalue weighted by molar-refractivity contribution is -0.204. The van der Waals surface area contributed by atoms with Gasteiger partial charge in [0.05, 0.1) is 6.10 Å². The number of aromatic hydroxyl groups is 3. The maximum Gasteiger partial charge on any atom is 0.335 e. The molecular weight excluding hydrogens is 476 g/mol. The molecule has 3 rings (SSSR count). The molecule has 1 aliphatic rings. The second-order valence-corrected chi connectivity index (χ2v) is 8.20. The normalized spacial score (nSPS) is 24.0. The highest BCUT2D eigenvalue weighted by molar-refractivity contribution is 5.88. The Bertz CT molecular complexity index is 1180. The van der Waals surface area contributed by atoms with Gasteiger partial charge < -0.3 is 40.1 Å². The summed E-state index contributed by atoms with van der Waals surface area (Å²) in [5.74, 6) is -4.30. The summed E-state index contributed by atoms with van der Waals surface area (Å²) in [5, 5.41) is 58.4. The van der Waals surface area contributed by atoms with Crippen LogP contribution in [0.25, 0.3) is 12.2 Å². The number of phenols is 3. The smallest absolute Gasteiger partial charge is 0.335 e. The van der Waals surface area contributed by atoms with Crippen LogP contribution in [-0.2, 0) is 23.9 Å². The van der Waals surface area contributed by atoms with E-state index in [2.05, 4.69) is 0 Å². The largest absolute Gasteiger partial charge is 0.508 e. The van der Waals surface area contributed by atoms with Gasteiger partial charge in [-0.3, -0.25) is 0 Å². The summed E-state index contributed by atoms with van der Waals surface area (Å²) in [7, 11) is 0. The van der Waals surface area contributed by atoms with E-state index in [4.69, 9.17) is 9.47 Å². The molecule has 0 bridgehead atoms. The van der Waals surface area contributed by atoms with Crippen LogP contribution in [0.2, 0.25) is 0 Å². The van der Waals surface area contributed by atoms with Crippen molar-refractivity contribution in [2.24, 2.45) is 0 Å². The number of aliphatic carboxylic acids is 1. The summed E-state index contributed by atoms with van der Waals surface area (Å²) < 4.78 is 10.5. The van der Waals surface area contributed by atoms with Crippen molar-refractivity contribution in [3.8, 4) is 17.2 Å². The Hall–Kier alpha value is -4.35. The van der Waals surface area contributed by atoms with Crippen molar-refractivity contribution in [2.75, 3.05) is 0 Å². The lowest BCUT2D eigenvalue weighted by atomic mass is 9.79. The van der Waals surface area contributed by atoms with Crippen LogP contribution < -0.4 is 0 Å². The summed E-state index contributed by atoms with van der Waals surface area (Å²) in [6, 6.07) is 9.66. The first-order valence-corrected chi connectivity index (χ1v) is 10.7. The number of carbonyl (C=O) groups excluding carboxylic acids is 2. The molecule has 0 radical (unpaired) electrons. The molecular formula is C25H24O11. The molecule has 190 valence electrons. The topological polar surface area (TPSA) is 191 Å². The van der Waals surface area contributed by atoms with Gasteiger partial charge in [0, 0.05) is 25.0 Å². The van der Waals surface area contributed by atoms with Crippen LogP contribution in [-0.4, -0.2) is 72.5 Å². The number of ether oxygens (including phenoxy) is 2. The molecule has 0 heterocycles. The number of benzene rings is 2. The van der Waals surface area contributed by atoms with Gasteiger partial charge in [-0.25, -0.2) is 14.4 Å². The van der Waals surface area contributed by atoms with Crippen molar-refractivity contribution in [3.05, 3.63) is 65.7 Å². The molecule has 11 heteroatoms. The Labute approximate surface area is 204 Å². The Kier molecular flexibility index (Phi) is 7.97. The standard InChI is InChI=1S/C25H24O11/c26-16-6-1-14(2-7-16)4-9-21(30)35-20-13-25(34,24(32)33)12-19(29)23(20)36-22(31)10-5-15-3-8-17(27)18(28)11-15/h1-11,19-20,23,26-29,34H,12-13H2,(H,32,33)/b9-4+,10-5+/t19-,20-,23+,25-/m1/s1. The number of esters is 2. The number of rotatable bonds is 7. The fourth-order valence-corrected chi connectivity index (χ4v) is 3.60. The number of hydrogen-bond donors (Lipinski definition) is 6. The average molecular weight is 500 g/mol. The minimum absolute atomic E-state index is 0.0276. The third kappa shape index (κ3) is 6.62. The quantitative estimate of drug-likeness (QED) is 0.183. The first-order chi connectivity index (χ1) is 17.0. The molecule has 36 heavy (non-hydrogen) atoms. The molecule has 1 saturated carbocycles. The van der Waals surface area contributed by atoms with Gasteiger partial charge >= 0.3 is 17.9 Å². The molecule has 0 unspecified atom stereocenters. The van der Waals surface area contributed by atoms with E-state index in [0.717, 1.165) is 12.2 Å². The number of phenolic OH excluding ortho intramolecular Hbond substituents is 3. The monoisotopic (exact) mass is 500 g/mol. The maximum absolute atomic E-state index is 12.4. The van der Waals surface area contributed by atoms with Crippen LogP contribution in [0.5, 0.6) is 17.2 Å². The van der Waals surface area contributed by atoms with Gasteiger partial charge in [-0.05, 0) is 47.5 Å². The predicted octanol–water partition coefficient (Wildman–Crippen LogP) is 1.32. The minimum atomic E-state index is -2.42. The molecule has 0 amide bonds. The van der Waals surface area contributed by atoms with Crippen LogP contribution in [0.15, 0.2) is 54.6 Å². The van der Waals surface area contributed by atoms with Gasteiger partial charge in [0.2, 0.25) is 0 Å². The van der Waals surface area contributed by atoms with E-state index < -0.39 is 60.4 Å². The van der Waals surface area contributed by atoms with Crippen molar-refractivity contribution < 1.29 is 54.5 Å². The van der Waals surface area contributed by atoms with Crippen LogP contribution in [0, 0.1) is 0 Å². The summed E-state index contributed by atoms with van der Waals surface area (Å²) in [4.78, 5) is 36.3. The molecule has 1 fully saturated rings. The zero-order valence-corrected chi connectivity index (χ0v) is 18.7. The molecule has 1 aliphatic carbocycles.